The third-order valence-electron chi connectivity index (χ3n) is 3.27. The minimum absolute atomic E-state index is 0.0360. The lowest BCUT2D eigenvalue weighted by molar-refractivity contribution is -0.117. The normalized spacial score (nSPS) is 12.1. The van der Waals surface area contributed by atoms with E-state index in [4.69, 9.17) is 4.74 Å². The van der Waals surface area contributed by atoms with E-state index < -0.39 is 0 Å². The molecular formula is C19H21NO2. The molecule has 0 spiro atoms. The highest BCUT2D eigenvalue weighted by Gasteiger charge is 2.08. The van der Waals surface area contributed by atoms with Gasteiger partial charge in [0.15, 0.2) is 0 Å². The van der Waals surface area contributed by atoms with Gasteiger partial charge in [0.25, 0.3) is 0 Å². The number of hydrogen-bond acceptors (Lipinski definition) is 3. The standard InChI is InChI=1S/C19H21NO2/c1-15(21)14-18(9-8-16-6-4-3-5-7-16)20-17-10-12-19(22-2)13-11-17/h3-13,18,20H,14H2,1-2H3/b9-8+. The highest BCUT2D eigenvalue weighted by molar-refractivity contribution is 5.77. The fourth-order valence-electron chi connectivity index (χ4n) is 2.17. The lowest BCUT2D eigenvalue weighted by Gasteiger charge is -2.15. The predicted octanol–water partition coefficient (Wildman–Crippen LogP) is 4.17. The maximum absolute atomic E-state index is 11.5. The molecule has 0 aliphatic carbocycles. The summed E-state index contributed by atoms with van der Waals surface area (Å²) in [6, 6.07) is 17.7. The summed E-state index contributed by atoms with van der Waals surface area (Å²) in [5.74, 6) is 0.970. The Kier molecular flexibility index (Phi) is 5.78. The summed E-state index contributed by atoms with van der Waals surface area (Å²) in [5.41, 5.74) is 2.08. The summed E-state index contributed by atoms with van der Waals surface area (Å²) in [6.07, 6.45) is 4.51. The Balaban J connectivity index is 2.08. The van der Waals surface area contributed by atoms with Gasteiger partial charge in [0, 0.05) is 12.1 Å². The van der Waals surface area contributed by atoms with Gasteiger partial charge in [-0.3, -0.25) is 4.79 Å². The number of nitrogens with one attached hydrogen (secondary N) is 1. The highest BCUT2D eigenvalue weighted by atomic mass is 16.5. The minimum Gasteiger partial charge on any atom is -0.497 e. The van der Waals surface area contributed by atoms with E-state index in [1.54, 1.807) is 14.0 Å². The molecule has 0 amide bonds. The SMILES string of the molecule is COc1ccc(NC(/C=C/c2ccccc2)CC(C)=O)cc1. The molecule has 1 unspecified atom stereocenters. The van der Waals surface area contributed by atoms with Crippen LogP contribution in [0.2, 0.25) is 0 Å². The molecule has 0 aromatic heterocycles. The summed E-state index contributed by atoms with van der Waals surface area (Å²) in [7, 11) is 1.64. The van der Waals surface area contributed by atoms with Gasteiger partial charge in [0.2, 0.25) is 0 Å². The van der Waals surface area contributed by atoms with Crippen molar-refractivity contribution in [1.82, 2.24) is 0 Å². The fraction of sp³-hybridized carbons (Fsp3) is 0.211. The van der Waals surface area contributed by atoms with Gasteiger partial charge in [-0.2, -0.15) is 0 Å². The smallest absolute Gasteiger partial charge is 0.132 e. The molecule has 0 radical (unpaired) electrons. The van der Waals surface area contributed by atoms with Crippen LogP contribution in [0.1, 0.15) is 18.9 Å². The lowest BCUT2D eigenvalue weighted by Crippen LogP contribution is -2.19. The van der Waals surface area contributed by atoms with Crippen LogP contribution < -0.4 is 10.1 Å². The zero-order chi connectivity index (χ0) is 15.8. The average molecular weight is 295 g/mol. The molecule has 3 heteroatoms. The van der Waals surface area contributed by atoms with Crippen molar-refractivity contribution in [3.63, 3.8) is 0 Å². The fourth-order valence-corrected chi connectivity index (χ4v) is 2.17. The maximum atomic E-state index is 11.5. The Morgan fingerprint density at radius 3 is 2.41 bits per heavy atom. The molecule has 1 atom stereocenters. The largest absolute Gasteiger partial charge is 0.497 e. The van der Waals surface area contributed by atoms with E-state index in [0.717, 1.165) is 17.0 Å². The zero-order valence-corrected chi connectivity index (χ0v) is 13.0. The second-order valence-corrected chi connectivity index (χ2v) is 5.16. The van der Waals surface area contributed by atoms with Gasteiger partial charge in [-0.1, -0.05) is 42.5 Å². The second kappa shape index (κ2) is 8.03. The molecule has 0 saturated heterocycles. The minimum atomic E-state index is -0.0360. The van der Waals surface area contributed by atoms with E-state index in [2.05, 4.69) is 5.32 Å². The number of hydrogen-bond donors (Lipinski definition) is 1. The van der Waals surface area contributed by atoms with Crippen molar-refractivity contribution in [2.24, 2.45) is 0 Å². The Hall–Kier alpha value is -2.55. The molecule has 0 bridgehead atoms. The molecule has 0 heterocycles. The quantitative estimate of drug-likeness (QED) is 0.833. The molecule has 0 fully saturated rings. The number of methoxy groups -OCH3 is 1. The number of anilines is 1. The van der Waals surface area contributed by atoms with Crippen molar-refractivity contribution in [2.75, 3.05) is 12.4 Å². The van der Waals surface area contributed by atoms with Crippen LogP contribution >= 0.6 is 0 Å². The van der Waals surface area contributed by atoms with E-state index in [9.17, 15) is 4.79 Å². The molecule has 2 aromatic carbocycles. The van der Waals surface area contributed by atoms with Crippen molar-refractivity contribution in [3.05, 3.63) is 66.2 Å². The van der Waals surface area contributed by atoms with E-state index in [1.165, 1.54) is 0 Å². The predicted molar refractivity (Wildman–Crippen MR) is 91.2 cm³/mol. The van der Waals surface area contributed by atoms with Gasteiger partial charge in [-0.25, -0.2) is 0 Å². The monoisotopic (exact) mass is 295 g/mol. The van der Waals surface area contributed by atoms with Crippen LogP contribution in [-0.4, -0.2) is 18.9 Å². The molecule has 1 N–H and O–H groups in total. The summed E-state index contributed by atoms with van der Waals surface area (Å²) < 4.78 is 5.15. The van der Waals surface area contributed by atoms with Gasteiger partial charge in [0.1, 0.15) is 11.5 Å². The van der Waals surface area contributed by atoms with Crippen molar-refractivity contribution >= 4 is 17.5 Å². The third-order valence-corrected chi connectivity index (χ3v) is 3.27. The first kappa shape index (κ1) is 15.8. The first-order chi connectivity index (χ1) is 10.7. The zero-order valence-electron chi connectivity index (χ0n) is 13.0. The van der Waals surface area contributed by atoms with E-state index in [0.29, 0.717) is 6.42 Å². The van der Waals surface area contributed by atoms with Crippen molar-refractivity contribution in [3.8, 4) is 5.75 Å². The van der Waals surface area contributed by atoms with E-state index in [1.807, 2.05) is 66.7 Å². The molecule has 0 saturated carbocycles. The molecule has 2 aromatic rings. The van der Waals surface area contributed by atoms with Crippen LogP contribution in [0.5, 0.6) is 5.75 Å². The van der Waals surface area contributed by atoms with Crippen LogP contribution in [0.25, 0.3) is 6.08 Å². The summed E-state index contributed by atoms with van der Waals surface area (Å²) >= 11 is 0. The number of ketones is 1. The average Bonchev–Trinajstić information content (AvgIpc) is 2.54. The van der Waals surface area contributed by atoms with Gasteiger partial charge >= 0.3 is 0 Å². The molecule has 114 valence electrons. The lowest BCUT2D eigenvalue weighted by atomic mass is 10.1. The molecule has 0 aliphatic rings. The number of carbonyl (C=O) groups is 1. The second-order valence-electron chi connectivity index (χ2n) is 5.16. The Labute approximate surface area is 131 Å². The van der Waals surface area contributed by atoms with Crippen LogP contribution in [0, 0.1) is 0 Å². The molecular weight excluding hydrogens is 274 g/mol. The van der Waals surface area contributed by atoms with Crippen molar-refractivity contribution < 1.29 is 9.53 Å². The van der Waals surface area contributed by atoms with Crippen LogP contribution in [-0.2, 0) is 4.79 Å². The topological polar surface area (TPSA) is 38.3 Å². The highest BCUT2D eigenvalue weighted by Crippen LogP contribution is 2.17. The van der Waals surface area contributed by atoms with Crippen molar-refractivity contribution in [1.29, 1.82) is 0 Å². The van der Waals surface area contributed by atoms with Crippen molar-refractivity contribution in [2.45, 2.75) is 19.4 Å². The van der Waals surface area contributed by atoms with Crippen LogP contribution in [0.15, 0.2) is 60.7 Å². The third kappa shape index (κ3) is 5.09. The van der Waals surface area contributed by atoms with Gasteiger partial charge < -0.3 is 10.1 Å². The first-order valence-electron chi connectivity index (χ1n) is 7.30. The summed E-state index contributed by atoms with van der Waals surface area (Å²) in [4.78, 5) is 11.5. The molecule has 22 heavy (non-hydrogen) atoms. The number of rotatable bonds is 7. The number of Topliss-reactive ketones (excluding diaryl/α,β-unsaturated/α-hetero) is 1. The van der Waals surface area contributed by atoms with E-state index in [-0.39, 0.29) is 11.8 Å². The Morgan fingerprint density at radius 2 is 1.82 bits per heavy atom. The van der Waals surface area contributed by atoms with Gasteiger partial charge in [-0.05, 0) is 36.8 Å². The summed E-state index contributed by atoms with van der Waals surface area (Å²) in [5, 5.41) is 3.37. The number of ether oxygens (including phenoxy) is 1. The van der Waals surface area contributed by atoms with Crippen LogP contribution in [0.4, 0.5) is 5.69 Å². The van der Waals surface area contributed by atoms with Crippen LogP contribution in [0.3, 0.4) is 0 Å². The molecule has 3 nitrogen and oxygen atoms in total. The Bertz CT molecular complexity index is 618. The summed E-state index contributed by atoms with van der Waals surface area (Å²) in [6.45, 7) is 1.61. The van der Waals surface area contributed by atoms with Gasteiger partial charge in [0.05, 0.1) is 13.2 Å². The van der Waals surface area contributed by atoms with E-state index >= 15 is 0 Å². The van der Waals surface area contributed by atoms with Gasteiger partial charge in [-0.15, -0.1) is 0 Å². The maximum Gasteiger partial charge on any atom is 0.132 e. The molecule has 2 rings (SSSR count). The number of carbonyl (C=O) groups excluding carboxylic acids is 1. The number of benzene rings is 2. The molecule has 0 aliphatic heterocycles. The Morgan fingerprint density at radius 1 is 1.14 bits per heavy atom. The first-order valence-corrected chi connectivity index (χ1v) is 7.30.